The molecule has 29 heavy (non-hydrogen) atoms. The minimum absolute atomic E-state index is 0. The van der Waals surface area contributed by atoms with Gasteiger partial charge in [0.2, 0.25) is 0 Å². The zero-order valence-electron chi connectivity index (χ0n) is 17.7. The van der Waals surface area contributed by atoms with Gasteiger partial charge in [-0.3, -0.25) is 9.79 Å². The summed E-state index contributed by atoms with van der Waals surface area (Å²) in [5.74, 6) is 0.785. The average Bonchev–Trinajstić information content (AvgIpc) is 2.73. The van der Waals surface area contributed by atoms with E-state index in [1.54, 1.807) is 26.0 Å². The van der Waals surface area contributed by atoms with Gasteiger partial charge in [-0.1, -0.05) is 30.3 Å². The molecule has 0 unspecified atom stereocenters. The first-order chi connectivity index (χ1) is 13.5. The molecular formula is C22H32IN5O. The summed E-state index contributed by atoms with van der Waals surface area (Å²) in [6.07, 6.45) is 1.01. The summed E-state index contributed by atoms with van der Waals surface area (Å²) in [5, 5.41) is 6.65. The molecule has 0 radical (unpaired) electrons. The van der Waals surface area contributed by atoms with E-state index in [9.17, 15) is 4.79 Å². The molecule has 2 rings (SSSR count). The molecule has 0 atom stereocenters. The molecule has 2 aromatic carbocycles. The lowest BCUT2D eigenvalue weighted by molar-refractivity contribution is 0.0827. The maximum Gasteiger partial charge on any atom is 0.253 e. The Balaban J connectivity index is 0.00000420. The fourth-order valence-electron chi connectivity index (χ4n) is 2.76. The molecule has 0 fully saturated rings. The maximum absolute atomic E-state index is 11.9. The topological polar surface area (TPSA) is 60.0 Å². The fourth-order valence-corrected chi connectivity index (χ4v) is 2.76. The Labute approximate surface area is 191 Å². The molecule has 0 aliphatic heterocycles. The molecule has 0 spiro atoms. The molecule has 2 aromatic rings. The number of carbonyl (C=O) groups excluding carboxylic acids is 1. The van der Waals surface area contributed by atoms with Crippen molar-refractivity contribution in [3.05, 3.63) is 65.7 Å². The standard InChI is InChI=1S/C22H31N5O.HI/c1-23-22(24-15-8-16-27(4)20-9-6-5-7-10-20)25-17-18-11-13-19(14-12-18)21(28)26(2)3;/h5-7,9-14H,8,15-17H2,1-4H3,(H2,23,24,25);1H. The third-order valence-electron chi connectivity index (χ3n) is 4.45. The summed E-state index contributed by atoms with van der Waals surface area (Å²) < 4.78 is 0. The Morgan fingerprint density at radius 3 is 2.21 bits per heavy atom. The van der Waals surface area contributed by atoms with Crippen molar-refractivity contribution >= 4 is 41.5 Å². The van der Waals surface area contributed by atoms with Crippen LogP contribution in [-0.4, -0.2) is 58.0 Å². The molecule has 0 saturated carbocycles. The van der Waals surface area contributed by atoms with Gasteiger partial charge in [-0.2, -0.15) is 0 Å². The van der Waals surface area contributed by atoms with Crippen molar-refractivity contribution < 1.29 is 4.79 Å². The van der Waals surface area contributed by atoms with Crippen molar-refractivity contribution in [3.63, 3.8) is 0 Å². The monoisotopic (exact) mass is 509 g/mol. The number of anilines is 1. The van der Waals surface area contributed by atoms with E-state index >= 15 is 0 Å². The minimum atomic E-state index is 0. The summed E-state index contributed by atoms with van der Waals surface area (Å²) >= 11 is 0. The lowest BCUT2D eigenvalue weighted by Crippen LogP contribution is -2.38. The van der Waals surface area contributed by atoms with Crippen LogP contribution >= 0.6 is 24.0 Å². The number of rotatable bonds is 8. The second-order valence-electron chi connectivity index (χ2n) is 6.86. The van der Waals surface area contributed by atoms with E-state index in [2.05, 4.69) is 51.8 Å². The summed E-state index contributed by atoms with van der Waals surface area (Å²) in [6.45, 7) is 2.46. The Morgan fingerprint density at radius 1 is 0.966 bits per heavy atom. The van der Waals surface area contributed by atoms with Crippen LogP contribution in [-0.2, 0) is 6.54 Å². The van der Waals surface area contributed by atoms with Crippen molar-refractivity contribution in [3.8, 4) is 0 Å². The van der Waals surface area contributed by atoms with E-state index < -0.39 is 0 Å². The predicted molar refractivity (Wildman–Crippen MR) is 132 cm³/mol. The number of nitrogens with zero attached hydrogens (tertiary/aromatic N) is 3. The first-order valence-electron chi connectivity index (χ1n) is 9.52. The highest BCUT2D eigenvalue weighted by Crippen LogP contribution is 2.10. The van der Waals surface area contributed by atoms with E-state index in [4.69, 9.17) is 0 Å². The van der Waals surface area contributed by atoms with Gasteiger partial charge in [-0.25, -0.2) is 0 Å². The normalized spacial score (nSPS) is 10.7. The van der Waals surface area contributed by atoms with Crippen molar-refractivity contribution in [2.24, 2.45) is 4.99 Å². The SMILES string of the molecule is CN=C(NCCCN(C)c1ccccc1)NCc1ccc(C(=O)N(C)C)cc1.I. The van der Waals surface area contributed by atoms with Gasteiger partial charge in [0, 0.05) is 59.1 Å². The second-order valence-corrected chi connectivity index (χ2v) is 6.86. The van der Waals surface area contributed by atoms with Gasteiger partial charge >= 0.3 is 0 Å². The first kappa shape index (κ1) is 24.7. The number of hydrogen-bond donors (Lipinski definition) is 2. The molecular weight excluding hydrogens is 477 g/mol. The Bertz CT molecular complexity index is 763. The molecule has 2 N–H and O–H groups in total. The van der Waals surface area contributed by atoms with Gasteiger partial charge in [-0.05, 0) is 36.2 Å². The molecule has 0 aliphatic rings. The second kappa shape index (κ2) is 13.0. The first-order valence-corrected chi connectivity index (χ1v) is 9.52. The van der Waals surface area contributed by atoms with Crippen molar-refractivity contribution in [2.75, 3.05) is 46.2 Å². The van der Waals surface area contributed by atoms with Crippen LogP contribution in [0.5, 0.6) is 0 Å². The lowest BCUT2D eigenvalue weighted by Gasteiger charge is -2.19. The molecule has 0 heterocycles. The Kier molecular flexibility index (Phi) is 11.1. The smallest absolute Gasteiger partial charge is 0.253 e. The van der Waals surface area contributed by atoms with Crippen molar-refractivity contribution in [2.45, 2.75) is 13.0 Å². The van der Waals surface area contributed by atoms with Crippen LogP contribution in [0.3, 0.4) is 0 Å². The van der Waals surface area contributed by atoms with Crippen LogP contribution in [0.4, 0.5) is 5.69 Å². The van der Waals surface area contributed by atoms with Crippen LogP contribution in [0.2, 0.25) is 0 Å². The molecule has 1 amide bonds. The van der Waals surface area contributed by atoms with E-state index in [-0.39, 0.29) is 29.9 Å². The van der Waals surface area contributed by atoms with Gasteiger partial charge in [0.1, 0.15) is 0 Å². The molecule has 0 bridgehead atoms. The van der Waals surface area contributed by atoms with E-state index in [0.29, 0.717) is 12.1 Å². The minimum Gasteiger partial charge on any atom is -0.375 e. The number of aliphatic imine (C=N–C) groups is 1. The Hall–Kier alpha value is -2.29. The third-order valence-corrected chi connectivity index (χ3v) is 4.45. The molecule has 6 nitrogen and oxygen atoms in total. The van der Waals surface area contributed by atoms with Gasteiger partial charge < -0.3 is 20.4 Å². The summed E-state index contributed by atoms with van der Waals surface area (Å²) in [6, 6.07) is 18.0. The maximum atomic E-state index is 11.9. The summed E-state index contributed by atoms with van der Waals surface area (Å²) in [4.78, 5) is 20.0. The quantitative estimate of drug-likeness (QED) is 0.249. The van der Waals surface area contributed by atoms with E-state index in [0.717, 1.165) is 31.0 Å². The third kappa shape index (κ3) is 8.31. The van der Waals surface area contributed by atoms with Crippen LogP contribution in [0, 0.1) is 0 Å². The van der Waals surface area contributed by atoms with Gasteiger partial charge in [-0.15, -0.1) is 24.0 Å². The fraction of sp³-hybridized carbons (Fsp3) is 0.364. The molecule has 0 saturated heterocycles. The van der Waals surface area contributed by atoms with Crippen molar-refractivity contribution in [1.82, 2.24) is 15.5 Å². The highest BCUT2D eigenvalue weighted by Gasteiger charge is 2.07. The number of nitrogens with one attached hydrogen (secondary N) is 2. The summed E-state index contributed by atoms with van der Waals surface area (Å²) in [5.41, 5.74) is 3.02. The van der Waals surface area contributed by atoms with Crippen LogP contribution in [0.15, 0.2) is 59.6 Å². The number of benzene rings is 2. The summed E-state index contributed by atoms with van der Waals surface area (Å²) in [7, 11) is 7.38. The highest BCUT2D eigenvalue weighted by molar-refractivity contribution is 14.0. The number of amides is 1. The van der Waals surface area contributed by atoms with Gasteiger partial charge in [0.15, 0.2) is 5.96 Å². The zero-order valence-corrected chi connectivity index (χ0v) is 20.0. The molecule has 158 valence electrons. The zero-order chi connectivity index (χ0) is 20.4. The molecule has 0 aromatic heterocycles. The van der Waals surface area contributed by atoms with Crippen LogP contribution in [0.1, 0.15) is 22.3 Å². The number of para-hydroxylation sites is 1. The predicted octanol–water partition coefficient (Wildman–Crippen LogP) is 3.20. The van der Waals surface area contributed by atoms with Crippen molar-refractivity contribution in [1.29, 1.82) is 0 Å². The largest absolute Gasteiger partial charge is 0.375 e. The van der Waals surface area contributed by atoms with Crippen LogP contribution in [0.25, 0.3) is 0 Å². The van der Waals surface area contributed by atoms with Gasteiger partial charge in [0.05, 0.1) is 0 Å². The highest BCUT2D eigenvalue weighted by atomic mass is 127. The average molecular weight is 509 g/mol. The van der Waals surface area contributed by atoms with Crippen LogP contribution < -0.4 is 15.5 Å². The Morgan fingerprint density at radius 2 is 1.62 bits per heavy atom. The number of halogens is 1. The number of guanidine groups is 1. The lowest BCUT2D eigenvalue weighted by atomic mass is 10.1. The molecule has 7 heteroatoms. The van der Waals surface area contributed by atoms with E-state index in [1.807, 2.05) is 30.3 Å². The van der Waals surface area contributed by atoms with E-state index in [1.165, 1.54) is 5.69 Å². The molecule has 0 aliphatic carbocycles. The van der Waals surface area contributed by atoms with Gasteiger partial charge in [0.25, 0.3) is 5.91 Å². The number of carbonyl (C=O) groups is 1. The number of hydrogen-bond acceptors (Lipinski definition) is 3.